The summed E-state index contributed by atoms with van der Waals surface area (Å²) in [5.41, 5.74) is 11.6. The minimum absolute atomic E-state index is 0.0735. The van der Waals surface area contributed by atoms with Crippen LogP contribution in [-0.4, -0.2) is 71.3 Å². The van der Waals surface area contributed by atoms with Crippen molar-refractivity contribution in [3.05, 3.63) is 48.0 Å². The van der Waals surface area contributed by atoms with Crippen LogP contribution < -0.4 is 21.1 Å². The number of hydrogen-bond acceptors (Lipinski definition) is 7. The Balaban J connectivity index is 0.000000395. The Morgan fingerprint density at radius 2 is 1.74 bits per heavy atom. The molecule has 2 aliphatic rings. The number of likely N-dealkylation sites (tertiary alicyclic amines) is 1. The second kappa shape index (κ2) is 13.9. The molecule has 212 valence electrons. The van der Waals surface area contributed by atoms with Gasteiger partial charge in [0.15, 0.2) is 17.4 Å². The molecule has 4 rings (SSSR count). The van der Waals surface area contributed by atoms with Gasteiger partial charge in [-0.15, -0.1) is 0 Å². The van der Waals surface area contributed by atoms with Crippen molar-refractivity contribution in [1.82, 2.24) is 14.9 Å². The molecule has 0 radical (unpaired) electrons. The molecule has 2 saturated heterocycles. The van der Waals surface area contributed by atoms with E-state index in [-0.39, 0.29) is 17.8 Å². The number of carbonyl (C=O) groups is 2. The standard InChI is InChI=1S/C20H31N7O3.C6H3F3/c1-13(2)17(22)25-18(28)19(29)26-6-3-14(4-7-26)12-30-16-9-23-20(24-10-16)27-8-5-15(21)11-27;7-4-1-2-5(8)6(9)3-4/h9-10,13-15H,3-8,11-12,21H2,1-2H3,(H2,22,25,28);1-3H. The van der Waals surface area contributed by atoms with Gasteiger partial charge in [0.05, 0.1) is 19.0 Å². The number of aliphatic imine (C=N–C) groups is 1. The fraction of sp³-hybridized carbons (Fsp3) is 0.500. The van der Waals surface area contributed by atoms with Crippen LogP contribution in [0.1, 0.15) is 33.1 Å². The van der Waals surface area contributed by atoms with Gasteiger partial charge in [0.1, 0.15) is 11.7 Å². The summed E-state index contributed by atoms with van der Waals surface area (Å²) in [5.74, 6) is -2.66. The van der Waals surface area contributed by atoms with E-state index in [9.17, 15) is 22.8 Å². The van der Waals surface area contributed by atoms with Crippen LogP contribution in [0.4, 0.5) is 19.1 Å². The van der Waals surface area contributed by atoms with E-state index in [2.05, 4.69) is 19.9 Å². The number of hydrogen-bond donors (Lipinski definition) is 2. The van der Waals surface area contributed by atoms with Crippen LogP contribution in [0.2, 0.25) is 0 Å². The molecule has 1 aromatic heterocycles. The number of halogens is 3. The molecule has 3 heterocycles. The maximum atomic E-state index is 12.3. The Labute approximate surface area is 225 Å². The van der Waals surface area contributed by atoms with Crippen molar-refractivity contribution in [1.29, 1.82) is 0 Å². The van der Waals surface area contributed by atoms with Gasteiger partial charge in [0.25, 0.3) is 0 Å². The Morgan fingerprint density at radius 3 is 2.28 bits per heavy atom. The van der Waals surface area contributed by atoms with Crippen LogP contribution >= 0.6 is 0 Å². The predicted octanol–water partition coefficient (Wildman–Crippen LogP) is 2.28. The molecule has 13 heteroatoms. The van der Waals surface area contributed by atoms with E-state index in [1.54, 1.807) is 12.4 Å². The van der Waals surface area contributed by atoms with Crippen molar-refractivity contribution in [2.24, 2.45) is 28.3 Å². The zero-order valence-electron chi connectivity index (χ0n) is 22.0. The number of anilines is 1. The minimum Gasteiger partial charge on any atom is -0.490 e. The molecule has 0 aliphatic carbocycles. The number of piperidine rings is 1. The summed E-state index contributed by atoms with van der Waals surface area (Å²) in [6.45, 7) is 6.81. The fourth-order valence-corrected chi connectivity index (χ4v) is 3.93. The molecule has 2 amide bonds. The molecule has 1 atom stereocenters. The monoisotopic (exact) mass is 549 g/mol. The van der Waals surface area contributed by atoms with Gasteiger partial charge >= 0.3 is 11.8 Å². The first kappa shape index (κ1) is 29.8. The van der Waals surface area contributed by atoms with Gasteiger partial charge in [-0.05, 0) is 37.3 Å². The van der Waals surface area contributed by atoms with Crippen LogP contribution in [0.15, 0.2) is 35.6 Å². The molecular weight excluding hydrogens is 515 g/mol. The molecule has 1 unspecified atom stereocenters. The molecule has 0 saturated carbocycles. The molecule has 39 heavy (non-hydrogen) atoms. The van der Waals surface area contributed by atoms with E-state index >= 15 is 0 Å². The molecule has 4 N–H and O–H groups in total. The van der Waals surface area contributed by atoms with Gasteiger partial charge in [-0.3, -0.25) is 9.59 Å². The Morgan fingerprint density at radius 1 is 1.08 bits per heavy atom. The molecule has 2 aromatic rings. The van der Waals surface area contributed by atoms with Crippen LogP contribution in [-0.2, 0) is 9.59 Å². The molecule has 1 aromatic carbocycles. The fourth-order valence-electron chi connectivity index (χ4n) is 3.93. The summed E-state index contributed by atoms with van der Waals surface area (Å²) >= 11 is 0. The number of aromatic nitrogens is 2. The summed E-state index contributed by atoms with van der Waals surface area (Å²) in [6, 6.07) is 2.27. The number of benzene rings is 1. The third kappa shape index (κ3) is 8.91. The first-order chi connectivity index (χ1) is 18.5. The maximum absolute atomic E-state index is 12.3. The number of nitrogens with zero attached hydrogens (tertiary/aromatic N) is 5. The number of nitrogens with two attached hydrogens (primary N) is 2. The number of ether oxygens (including phenoxy) is 1. The van der Waals surface area contributed by atoms with Gasteiger partial charge in [-0.2, -0.15) is 4.99 Å². The zero-order valence-corrected chi connectivity index (χ0v) is 22.0. The van der Waals surface area contributed by atoms with Crippen molar-refractivity contribution in [3.8, 4) is 5.75 Å². The second-order valence-electron chi connectivity index (χ2n) is 9.82. The van der Waals surface area contributed by atoms with Gasteiger partial charge in [0, 0.05) is 44.2 Å². The molecular formula is C26H34F3N7O3. The molecule has 2 fully saturated rings. The second-order valence-corrected chi connectivity index (χ2v) is 9.82. The van der Waals surface area contributed by atoms with Crippen molar-refractivity contribution < 1.29 is 27.5 Å². The van der Waals surface area contributed by atoms with Crippen LogP contribution in [0.25, 0.3) is 0 Å². The molecule has 10 nitrogen and oxygen atoms in total. The number of amidine groups is 1. The van der Waals surface area contributed by atoms with Crippen LogP contribution in [0.3, 0.4) is 0 Å². The average molecular weight is 550 g/mol. The Bertz CT molecular complexity index is 1160. The lowest BCUT2D eigenvalue weighted by Crippen LogP contribution is -2.43. The average Bonchev–Trinajstić information content (AvgIpc) is 3.36. The van der Waals surface area contributed by atoms with Gasteiger partial charge in [0.2, 0.25) is 5.95 Å². The normalized spacial score (nSPS) is 18.1. The van der Waals surface area contributed by atoms with Crippen molar-refractivity contribution in [2.75, 3.05) is 37.7 Å². The molecule has 0 bridgehead atoms. The van der Waals surface area contributed by atoms with E-state index in [0.29, 0.717) is 43.4 Å². The Hall–Kier alpha value is -3.74. The van der Waals surface area contributed by atoms with E-state index in [1.165, 1.54) is 4.90 Å². The molecule has 2 aliphatic heterocycles. The van der Waals surface area contributed by atoms with Crippen molar-refractivity contribution in [2.45, 2.75) is 39.2 Å². The summed E-state index contributed by atoms with van der Waals surface area (Å²) < 4.78 is 41.7. The highest BCUT2D eigenvalue weighted by Crippen LogP contribution is 2.21. The number of amides is 2. The lowest BCUT2D eigenvalue weighted by atomic mass is 9.98. The first-order valence-corrected chi connectivity index (χ1v) is 12.8. The third-order valence-corrected chi connectivity index (χ3v) is 6.40. The van der Waals surface area contributed by atoms with E-state index < -0.39 is 29.3 Å². The zero-order chi connectivity index (χ0) is 28.5. The van der Waals surface area contributed by atoms with Crippen LogP contribution in [0, 0.1) is 29.3 Å². The van der Waals surface area contributed by atoms with E-state index in [4.69, 9.17) is 16.2 Å². The Kier molecular flexibility index (Phi) is 10.6. The van der Waals surface area contributed by atoms with Crippen molar-refractivity contribution in [3.63, 3.8) is 0 Å². The predicted molar refractivity (Wildman–Crippen MR) is 139 cm³/mol. The topological polar surface area (TPSA) is 140 Å². The maximum Gasteiger partial charge on any atom is 0.336 e. The lowest BCUT2D eigenvalue weighted by molar-refractivity contribution is -0.145. The minimum atomic E-state index is -1.16. The van der Waals surface area contributed by atoms with Crippen molar-refractivity contribution >= 4 is 23.6 Å². The first-order valence-electron chi connectivity index (χ1n) is 12.8. The largest absolute Gasteiger partial charge is 0.490 e. The SMILES string of the molecule is CC(C)C(N)=NC(=O)C(=O)N1CCC(COc2cnc(N3CCC(N)C3)nc2)CC1.Fc1ccc(F)c(F)c1. The summed E-state index contributed by atoms with van der Waals surface area (Å²) in [5, 5.41) is 0. The number of rotatable bonds is 5. The third-order valence-electron chi connectivity index (χ3n) is 6.40. The van der Waals surface area contributed by atoms with Crippen LogP contribution in [0.5, 0.6) is 5.75 Å². The van der Waals surface area contributed by atoms with Gasteiger partial charge in [-0.1, -0.05) is 13.8 Å². The summed E-state index contributed by atoms with van der Waals surface area (Å²) in [4.78, 5) is 40.3. The van der Waals surface area contributed by atoms with E-state index in [0.717, 1.165) is 44.5 Å². The van der Waals surface area contributed by atoms with E-state index in [1.807, 2.05) is 13.8 Å². The highest BCUT2D eigenvalue weighted by molar-refractivity contribution is 6.37. The lowest BCUT2D eigenvalue weighted by Gasteiger charge is -2.31. The smallest absolute Gasteiger partial charge is 0.336 e. The summed E-state index contributed by atoms with van der Waals surface area (Å²) in [6.07, 6.45) is 5.83. The highest BCUT2D eigenvalue weighted by Gasteiger charge is 2.28. The van der Waals surface area contributed by atoms with Gasteiger partial charge < -0.3 is 26.0 Å². The molecule has 0 spiro atoms. The summed E-state index contributed by atoms with van der Waals surface area (Å²) in [7, 11) is 0. The quantitative estimate of drug-likeness (QED) is 0.251. The highest BCUT2D eigenvalue weighted by atomic mass is 19.2. The van der Waals surface area contributed by atoms with Gasteiger partial charge in [-0.25, -0.2) is 23.1 Å². The number of carbonyl (C=O) groups excluding carboxylic acids is 2.